The van der Waals surface area contributed by atoms with Crippen molar-refractivity contribution < 1.29 is 0 Å². The predicted octanol–water partition coefficient (Wildman–Crippen LogP) is 3.84. The van der Waals surface area contributed by atoms with E-state index >= 15 is 0 Å². The molecule has 2 heteroatoms. The molecule has 0 atom stereocenters. The summed E-state index contributed by atoms with van der Waals surface area (Å²) in [6.07, 6.45) is 0. The maximum atomic E-state index is 5.86. The molecular formula is C14H16BrN. The third-order valence-corrected chi connectivity index (χ3v) is 3.75. The van der Waals surface area contributed by atoms with E-state index < -0.39 is 0 Å². The molecular weight excluding hydrogens is 262 g/mol. The first-order valence-corrected chi connectivity index (χ1v) is 6.23. The zero-order valence-electron chi connectivity index (χ0n) is 9.63. The van der Waals surface area contributed by atoms with E-state index in [9.17, 15) is 0 Å². The molecule has 0 spiro atoms. The average molecular weight is 278 g/mol. The van der Waals surface area contributed by atoms with Crippen molar-refractivity contribution in [3.05, 3.63) is 46.4 Å². The van der Waals surface area contributed by atoms with Gasteiger partial charge in [-0.1, -0.05) is 60.1 Å². The molecule has 1 nitrogen and oxygen atoms in total. The van der Waals surface area contributed by atoms with Crippen molar-refractivity contribution in [1.29, 1.82) is 0 Å². The molecule has 0 aliphatic rings. The number of benzene rings is 2. The highest BCUT2D eigenvalue weighted by Crippen LogP contribution is 2.34. The predicted molar refractivity (Wildman–Crippen MR) is 73.7 cm³/mol. The van der Waals surface area contributed by atoms with Gasteiger partial charge in [0, 0.05) is 16.4 Å². The Labute approximate surface area is 105 Å². The summed E-state index contributed by atoms with van der Waals surface area (Å²) >= 11 is 3.63. The van der Waals surface area contributed by atoms with E-state index in [-0.39, 0.29) is 5.41 Å². The Bertz CT molecular complexity index is 512. The lowest BCUT2D eigenvalue weighted by Crippen LogP contribution is -2.28. The van der Waals surface area contributed by atoms with E-state index in [2.05, 4.69) is 66.2 Å². The first kappa shape index (κ1) is 11.6. The van der Waals surface area contributed by atoms with Gasteiger partial charge in [-0.05, 0) is 22.4 Å². The Kier molecular flexibility index (Phi) is 3.04. The molecule has 0 heterocycles. The van der Waals surface area contributed by atoms with Crippen LogP contribution in [-0.2, 0) is 5.41 Å². The molecule has 2 aromatic carbocycles. The fourth-order valence-corrected chi connectivity index (χ4v) is 2.56. The van der Waals surface area contributed by atoms with Crippen molar-refractivity contribution in [3.63, 3.8) is 0 Å². The first-order chi connectivity index (χ1) is 7.56. The van der Waals surface area contributed by atoms with Crippen LogP contribution in [0, 0.1) is 0 Å². The first-order valence-electron chi connectivity index (χ1n) is 5.44. The summed E-state index contributed by atoms with van der Waals surface area (Å²) < 4.78 is 1.14. The largest absolute Gasteiger partial charge is 0.330 e. The Morgan fingerprint density at radius 3 is 2.38 bits per heavy atom. The van der Waals surface area contributed by atoms with E-state index in [0.717, 1.165) is 4.47 Å². The summed E-state index contributed by atoms with van der Waals surface area (Å²) in [7, 11) is 0. The van der Waals surface area contributed by atoms with Crippen LogP contribution in [0.1, 0.15) is 19.4 Å². The molecule has 2 N–H and O–H groups in total. The molecule has 16 heavy (non-hydrogen) atoms. The van der Waals surface area contributed by atoms with Gasteiger partial charge in [0.25, 0.3) is 0 Å². The van der Waals surface area contributed by atoms with Crippen molar-refractivity contribution >= 4 is 26.7 Å². The zero-order valence-corrected chi connectivity index (χ0v) is 11.2. The highest BCUT2D eigenvalue weighted by atomic mass is 79.9. The molecule has 84 valence electrons. The van der Waals surface area contributed by atoms with Crippen molar-refractivity contribution in [1.82, 2.24) is 0 Å². The monoisotopic (exact) mass is 277 g/mol. The summed E-state index contributed by atoms with van der Waals surface area (Å²) in [6, 6.07) is 12.7. The molecule has 0 fully saturated rings. The molecule has 0 aliphatic heterocycles. The second-order valence-electron chi connectivity index (χ2n) is 4.73. The molecule has 2 rings (SSSR count). The Balaban J connectivity index is 2.80. The number of hydrogen-bond donors (Lipinski definition) is 1. The summed E-state index contributed by atoms with van der Waals surface area (Å²) in [5.41, 5.74) is 7.17. The van der Waals surface area contributed by atoms with E-state index in [1.807, 2.05) is 0 Å². The second-order valence-corrected chi connectivity index (χ2v) is 5.59. The SMILES string of the molecule is CC(C)(CN)c1cccc2cccc(Br)c12. The fourth-order valence-electron chi connectivity index (χ4n) is 1.97. The fraction of sp³-hybridized carbons (Fsp3) is 0.286. The van der Waals surface area contributed by atoms with Crippen LogP contribution in [0.15, 0.2) is 40.9 Å². The van der Waals surface area contributed by atoms with Crippen LogP contribution < -0.4 is 5.73 Å². The summed E-state index contributed by atoms with van der Waals surface area (Å²) in [5, 5.41) is 2.54. The molecule has 0 saturated heterocycles. The Morgan fingerprint density at radius 1 is 1.12 bits per heavy atom. The van der Waals surface area contributed by atoms with Gasteiger partial charge in [0.1, 0.15) is 0 Å². The van der Waals surface area contributed by atoms with Gasteiger partial charge in [-0.15, -0.1) is 0 Å². The second kappa shape index (κ2) is 4.19. The molecule has 0 amide bonds. The minimum absolute atomic E-state index is 0.00336. The molecule has 0 unspecified atom stereocenters. The number of fused-ring (bicyclic) bond motifs is 1. The normalized spacial score (nSPS) is 12.0. The van der Waals surface area contributed by atoms with E-state index in [4.69, 9.17) is 5.73 Å². The minimum Gasteiger partial charge on any atom is -0.330 e. The lowest BCUT2D eigenvalue weighted by molar-refractivity contribution is 0.543. The van der Waals surface area contributed by atoms with Gasteiger partial charge < -0.3 is 5.73 Å². The zero-order chi connectivity index (χ0) is 11.8. The van der Waals surface area contributed by atoms with E-state index in [1.54, 1.807) is 0 Å². The molecule has 0 aromatic heterocycles. The number of hydrogen-bond acceptors (Lipinski definition) is 1. The highest BCUT2D eigenvalue weighted by Gasteiger charge is 2.21. The van der Waals surface area contributed by atoms with Crippen LogP contribution in [0.3, 0.4) is 0 Å². The quantitative estimate of drug-likeness (QED) is 0.887. The van der Waals surface area contributed by atoms with Crippen LogP contribution in [0.2, 0.25) is 0 Å². The Hall–Kier alpha value is -0.860. The topological polar surface area (TPSA) is 26.0 Å². The van der Waals surface area contributed by atoms with Crippen LogP contribution in [0.4, 0.5) is 0 Å². The van der Waals surface area contributed by atoms with Gasteiger partial charge in [0.05, 0.1) is 0 Å². The van der Waals surface area contributed by atoms with E-state index in [0.29, 0.717) is 6.54 Å². The van der Waals surface area contributed by atoms with Crippen LogP contribution in [0.25, 0.3) is 10.8 Å². The highest BCUT2D eigenvalue weighted by molar-refractivity contribution is 9.10. The van der Waals surface area contributed by atoms with Gasteiger partial charge in [0.15, 0.2) is 0 Å². The summed E-state index contributed by atoms with van der Waals surface area (Å²) in [6.45, 7) is 5.01. The maximum Gasteiger partial charge on any atom is 0.0256 e. The molecule has 0 saturated carbocycles. The van der Waals surface area contributed by atoms with Crippen LogP contribution >= 0.6 is 15.9 Å². The maximum absolute atomic E-state index is 5.86. The summed E-state index contributed by atoms with van der Waals surface area (Å²) in [4.78, 5) is 0. The van der Waals surface area contributed by atoms with Gasteiger partial charge in [-0.3, -0.25) is 0 Å². The van der Waals surface area contributed by atoms with Gasteiger partial charge in [-0.25, -0.2) is 0 Å². The third kappa shape index (κ3) is 1.87. The molecule has 2 aromatic rings. The number of nitrogens with two attached hydrogens (primary N) is 1. The third-order valence-electron chi connectivity index (χ3n) is 3.09. The van der Waals surface area contributed by atoms with Gasteiger partial charge in [-0.2, -0.15) is 0 Å². The lowest BCUT2D eigenvalue weighted by atomic mass is 9.82. The van der Waals surface area contributed by atoms with Crippen molar-refractivity contribution in [2.24, 2.45) is 5.73 Å². The standard InChI is InChI=1S/C14H16BrN/c1-14(2,9-16)11-7-3-5-10-6-4-8-12(15)13(10)11/h3-8H,9,16H2,1-2H3. The minimum atomic E-state index is 0.00336. The van der Waals surface area contributed by atoms with Crippen molar-refractivity contribution in [2.75, 3.05) is 6.54 Å². The molecule has 0 aliphatic carbocycles. The molecule has 0 radical (unpaired) electrons. The number of rotatable bonds is 2. The van der Waals surface area contributed by atoms with E-state index in [1.165, 1.54) is 16.3 Å². The van der Waals surface area contributed by atoms with Crippen LogP contribution in [0.5, 0.6) is 0 Å². The van der Waals surface area contributed by atoms with Gasteiger partial charge in [0.2, 0.25) is 0 Å². The van der Waals surface area contributed by atoms with Crippen molar-refractivity contribution in [3.8, 4) is 0 Å². The van der Waals surface area contributed by atoms with Crippen LogP contribution in [-0.4, -0.2) is 6.54 Å². The lowest BCUT2D eigenvalue weighted by Gasteiger charge is -2.25. The Morgan fingerprint density at radius 2 is 1.75 bits per heavy atom. The smallest absolute Gasteiger partial charge is 0.0256 e. The average Bonchev–Trinajstić information content (AvgIpc) is 2.29. The van der Waals surface area contributed by atoms with Gasteiger partial charge >= 0.3 is 0 Å². The number of halogens is 1. The summed E-state index contributed by atoms with van der Waals surface area (Å²) in [5.74, 6) is 0. The van der Waals surface area contributed by atoms with Crippen molar-refractivity contribution in [2.45, 2.75) is 19.3 Å². The molecule has 0 bridgehead atoms.